The number of alkyl halides is 3. The molecule has 1 aliphatic carbocycles. The zero-order valence-corrected chi connectivity index (χ0v) is 10.8. The fraction of sp³-hybridized carbons (Fsp3) is 1.00. The van der Waals surface area contributed by atoms with Crippen molar-refractivity contribution < 1.29 is 22.6 Å². The van der Waals surface area contributed by atoms with Gasteiger partial charge in [-0.1, -0.05) is 12.8 Å². The molecule has 0 saturated heterocycles. The Hall–Kier alpha value is -0.330. The zero-order valence-electron chi connectivity index (χ0n) is 10.8. The number of rotatable bonds is 8. The van der Waals surface area contributed by atoms with Gasteiger partial charge in [0.25, 0.3) is 0 Å². The van der Waals surface area contributed by atoms with Crippen LogP contribution < -0.4 is 5.32 Å². The van der Waals surface area contributed by atoms with Gasteiger partial charge in [-0.15, -0.1) is 0 Å². The summed E-state index contributed by atoms with van der Waals surface area (Å²) >= 11 is 0. The molecule has 1 fully saturated rings. The molecule has 0 unspecified atom stereocenters. The van der Waals surface area contributed by atoms with Crippen molar-refractivity contribution in [1.82, 2.24) is 5.32 Å². The summed E-state index contributed by atoms with van der Waals surface area (Å²) in [6, 6.07) is 0. The smallest absolute Gasteiger partial charge is 0.383 e. The molecule has 1 rings (SSSR count). The van der Waals surface area contributed by atoms with Crippen molar-refractivity contribution >= 4 is 0 Å². The fourth-order valence-electron chi connectivity index (χ4n) is 2.41. The molecule has 0 atom stereocenters. The third-order valence-electron chi connectivity index (χ3n) is 3.32. The minimum Gasteiger partial charge on any atom is -0.383 e. The molecule has 0 aromatic rings. The van der Waals surface area contributed by atoms with E-state index >= 15 is 0 Å². The van der Waals surface area contributed by atoms with Crippen molar-refractivity contribution in [3.05, 3.63) is 0 Å². The van der Waals surface area contributed by atoms with Crippen molar-refractivity contribution in [2.75, 3.05) is 40.0 Å². The maximum atomic E-state index is 12.0. The molecule has 0 aromatic carbocycles. The van der Waals surface area contributed by atoms with Crippen LogP contribution in [0.2, 0.25) is 0 Å². The van der Waals surface area contributed by atoms with Gasteiger partial charge < -0.3 is 14.8 Å². The molecule has 1 saturated carbocycles. The summed E-state index contributed by atoms with van der Waals surface area (Å²) in [6.07, 6.45) is -0.221. The Morgan fingerprint density at radius 3 is 2.44 bits per heavy atom. The number of ether oxygens (including phenoxy) is 2. The van der Waals surface area contributed by atoms with Gasteiger partial charge >= 0.3 is 6.18 Å². The first-order valence-electron chi connectivity index (χ1n) is 6.32. The summed E-state index contributed by atoms with van der Waals surface area (Å²) in [5, 5.41) is 3.23. The Morgan fingerprint density at radius 1 is 1.22 bits per heavy atom. The first-order valence-corrected chi connectivity index (χ1v) is 6.32. The molecule has 1 N–H and O–H groups in total. The van der Waals surface area contributed by atoms with Crippen molar-refractivity contribution in [2.45, 2.75) is 31.9 Å². The summed E-state index contributed by atoms with van der Waals surface area (Å²) in [5.41, 5.74) is -0.126. The molecule has 0 amide bonds. The highest BCUT2D eigenvalue weighted by molar-refractivity contribution is 4.86. The van der Waals surface area contributed by atoms with Gasteiger partial charge in [-0.05, 0) is 12.8 Å². The van der Waals surface area contributed by atoms with Crippen LogP contribution in [0.15, 0.2) is 0 Å². The van der Waals surface area contributed by atoms with Crippen molar-refractivity contribution in [3.63, 3.8) is 0 Å². The summed E-state index contributed by atoms with van der Waals surface area (Å²) in [6.45, 7) is 1.07. The Balaban J connectivity index is 2.29. The van der Waals surface area contributed by atoms with E-state index in [4.69, 9.17) is 9.47 Å². The molecular formula is C12H22F3NO2. The lowest BCUT2D eigenvalue weighted by Gasteiger charge is -2.29. The molecule has 0 spiro atoms. The van der Waals surface area contributed by atoms with Crippen molar-refractivity contribution in [1.29, 1.82) is 0 Å². The molecule has 108 valence electrons. The third-order valence-corrected chi connectivity index (χ3v) is 3.32. The summed E-state index contributed by atoms with van der Waals surface area (Å²) in [5.74, 6) is 0. The monoisotopic (exact) mass is 269 g/mol. The minimum atomic E-state index is -4.23. The Kier molecular flexibility index (Phi) is 6.38. The minimum absolute atomic E-state index is 0.126. The van der Waals surface area contributed by atoms with Crippen LogP contribution in [0.4, 0.5) is 13.2 Å². The molecular weight excluding hydrogens is 247 g/mol. The second-order valence-electron chi connectivity index (χ2n) is 4.98. The van der Waals surface area contributed by atoms with E-state index in [0.29, 0.717) is 13.2 Å². The Labute approximate surface area is 106 Å². The highest BCUT2D eigenvalue weighted by atomic mass is 19.4. The van der Waals surface area contributed by atoms with E-state index in [9.17, 15) is 13.2 Å². The van der Waals surface area contributed by atoms with E-state index in [-0.39, 0.29) is 12.0 Å². The van der Waals surface area contributed by atoms with Gasteiger partial charge in [0.2, 0.25) is 0 Å². The maximum Gasteiger partial charge on any atom is 0.411 e. The molecule has 0 bridgehead atoms. The van der Waals surface area contributed by atoms with Crippen LogP contribution in [-0.2, 0) is 9.47 Å². The molecule has 3 nitrogen and oxygen atoms in total. The maximum absolute atomic E-state index is 12.0. The van der Waals surface area contributed by atoms with E-state index in [2.05, 4.69) is 5.32 Å². The summed E-state index contributed by atoms with van der Waals surface area (Å²) in [7, 11) is 1.62. The highest BCUT2D eigenvalue weighted by Gasteiger charge is 2.35. The molecule has 1 aliphatic rings. The second kappa shape index (κ2) is 7.31. The van der Waals surface area contributed by atoms with Gasteiger partial charge in [0.15, 0.2) is 0 Å². The fourth-order valence-corrected chi connectivity index (χ4v) is 2.41. The molecule has 0 aliphatic heterocycles. The average Bonchev–Trinajstić information content (AvgIpc) is 2.72. The van der Waals surface area contributed by atoms with E-state index in [0.717, 1.165) is 32.2 Å². The number of methoxy groups -OCH3 is 1. The largest absolute Gasteiger partial charge is 0.411 e. The van der Waals surface area contributed by atoms with Crippen molar-refractivity contribution in [3.8, 4) is 0 Å². The van der Waals surface area contributed by atoms with Crippen LogP contribution in [0, 0.1) is 5.41 Å². The second-order valence-corrected chi connectivity index (χ2v) is 4.98. The van der Waals surface area contributed by atoms with Crippen molar-refractivity contribution in [2.24, 2.45) is 5.41 Å². The Morgan fingerprint density at radius 2 is 1.89 bits per heavy atom. The molecule has 0 aromatic heterocycles. The number of hydrogen-bond donors (Lipinski definition) is 1. The normalized spacial score (nSPS) is 19.3. The van der Waals surface area contributed by atoms with E-state index < -0.39 is 12.8 Å². The first-order chi connectivity index (χ1) is 8.47. The quantitative estimate of drug-likeness (QED) is 0.686. The summed E-state index contributed by atoms with van der Waals surface area (Å²) in [4.78, 5) is 0. The third kappa shape index (κ3) is 6.02. The molecule has 0 radical (unpaired) electrons. The number of hydrogen-bond acceptors (Lipinski definition) is 3. The molecule has 0 heterocycles. The predicted octanol–water partition coefficient (Wildman–Crippen LogP) is 2.36. The van der Waals surface area contributed by atoms with Crippen LogP contribution in [0.5, 0.6) is 0 Å². The lowest BCUT2D eigenvalue weighted by molar-refractivity contribution is -0.180. The van der Waals surface area contributed by atoms with Gasteiger partial charge in [0.05, 0.1) is 13.2 Å². The van der Waals surface area contributed by atoms with Crippen LogP contribution in [-0.4, -0.2) is 46.2 Å². The van der Waals surface area contributed by atoms with Crippen LogP contribution in [0.1, 0.15) is 25.7 Å². The van der Waals surface area contributed by atoms with Gasteiger partial charge in [-0.2, -0.15) is 13.2 Å². The van der Waals surface area contributed by atoms with Gasteiger partial charge in [-0.25, -0.2) is 0 Å². The van der Waals surface area contributed by atoms with Gasteiger partial charge in [-0.3, -0.25) is 0 Å². The number of halogens is 3. The number of nitrogens with one attached hydrogen (secondary N) is 1. The van der Waals surface area contributed by atoms with Crippen LogP contribution in [0.25, 0.3) is 0 Å². The van der Waals surface area contributed by atoms with Gasteiger partial charge in [0, 0.05) is 25.6 Å². The first kappa shape index (κ1) is 15.7. The topological polar surface area (TPSA) is 30.5 Å². The lowest BCUT2D eigenvalue weighted by Crippen LogP contribution is -2.38. The standard InChI is InChI=1S/C12H22F3NO2/c1-17-7-6-16-8-11(4-2-3-5-11)9-18-10-12(13,14)15/h16H,2-10H2,1H3. The van der Waals surface area contributed by atoms with Gasteiger partial charge in [0.1, 0.15) is 6.61 Å². The molecule has 6 heteroatoms. The van der Waals surface area contributed by atoms with E-state index in [1.54, 1.807) is 7.11 Å². The highest BCUT2D eigenvalue weighted by Crippen LogP contribution is 2.38. The SMILES string of the molecule is COCCNCC1(COCC(F)(F)F)CCCC1. The lowest BCUT2D eigenvalue weighted by atomic mass is 9.87. The van der Waals surface area contributed by atoms with Crippen LogP contribution in [0.3, 0.4) is 0 Å². The Bertz CT molecular complexity index is 228. The zero-order chi connectivity index (χ0) is 13.5. The van der Waals surface area contributed by atoms with E-state index in [1.807, 2.05) is 0 Å². The van der Waals surface area contributed by atoms with E-state index in [1.165, 1.54) is 0 Å². The molecule has 18 heavy (non-hydrogen) atoms. The summed E-state index contributed by atoms with van der Waals surface area (Å²) < 4.78 is 45.9. The average molecular weight is 269 g/mol. The van der Waals surface area contributed by atoms with Crippen LogP contribution >= 0.6 is 0 Å². The predicted molar refractivity (Wildman–Crippen MR) is 62.5 cm³/mol.